The quantitative estimate of drug-likeness (QED) is 0.401. The molecule has 0 unspecified atom stereocenters. The van der Waals surface area contributed by atoms with E-state index in [1.807, 2.05) is 0 Å². The smallest absolute Gasteiger partial charge is 0.366 e. The second-order valence-corrected chi connectivity index (χ2v) is 1.90. The maximum Gasteiger partial charge on any atom is 0.692 e. The van der Waals surface area contributed by atoms with Crippen molar-refractivity contribution in [3.63, 3.8) is 0 Å². The number of nitrogens with two attached hydrogens (primary N) is 1. The third-order valence-corrected chi connectivity index (χ3v) is 0.421. The average Bonchev–Trinajstić information content (AvgIpc) is 1.63. The van der Waals surface area contributed by atoms with Crippen LogP contribution in [0.5, 0.6) is 0 Å². The SMILES string of the molecule is C.C=C(C)C(N)=O.O=[P+](O)O. The third kappa shape index (κ3) is 46.2. The Balaban J connectivity index is -0.000000114. The molecular weight excluding hydrogens is 169 g/mol. The van der Waals surface area contributed by atoms with Gasteiger partial charge in [-0.2, -0.15) is 0 Å². The lowest BCUT2D eigenvalue weighted by molar-refractivity contribution is -0.114. The maximum absolute atomic E-state index is 9.82. The minimum Gasteiger partial charge on any atom is -0.366 e. The van der Waals surface area contributed by atoms with Crippen LogP contribution in [-0.4, -0.2) is 15.7 Å². The monoisotopic (exact) mass is 182 g/mol. The Bertz CT molecular complexity index is 141. The van der Waals surface area contributed by atoms with E-state index in [1.165, 1.54) is 0 Å². The van der Waals surface area contributed by atoms with Crippen molar-refractivity contribution >= 4 is 14.2 Å². The van der Waals surface area contributed by atoms with Crippen molar-refractivity contribution in [1.29, 1.82) is 0 Å². The van der Waals surface area contributed by atoms with Crippen LogP contribution in [0.15, 0.2) is 12.2 Å². The first-order valence-corrected chi connectivity index (χ1v) is 3.34. The molecule has 0 aliphatic heterocycles. The van der Waals surface area contributed by atoms with E-state index in [9.17, 15) is 4.79 Å². The van der Waals surface area contributed by atoms with Gasteiger partial charge in [0.2, 0.25) is 5.91 Å². The fraction of sp³-hybridized carbons (Fsp3) is 0.400. The highest BCUT2D eigenvalue weighted by molar-refractivity contribution is 7.30. The Morgan fingerprint density at radius 2 is 1.64 bits per heavy atom. The molecule has 0 aromatic carbocycles. The Morgan fingerprint density at radius 3 is 1.64 bits per heavy atom. The molecule has 0 atom stereocenters. The number of rotatable bonds is 1. The van der Waals surface area contributed by atoms with Crippen LogP contribution in [0.3, 0.4) is 0 Å². The molecule has 0 aromatic heterocycles. The zero-order chi connectivity index (χ0) is 8.73. The second kappa shape index (κ2) is 9.23. The minimum absolute atomic E-state index is 0. The predicted octanol–water partition coefficient (Wildman–Crippen LogP) is 0.312. The minimum atomic E-state index is -2.87. The van der Waals surface area contributed by atoms with Crippen molar-refractivity contribution in [2.75, 3.05) is 0 Å². The molecule has 0 heterocycles. The molecule has 0 aliphatic carbocycles. The molecule has 0 rings (SSSR count). The van der Waals surface area contributed by atoms with Gasteiger partial charge in [0.1, 0.15) is 0 Å². The van der Waals surface area contributed by atoms with Crippen LogP contribution in [0.2, 0.25) is 0 Å². The Morgan fingerprint density at radius 1 is 1.55 bits per heavy atom. The molecule has 0 fully saturated rings. The topological polar surface area (TPSA) is 101 Å². The first kappa shape index (κ1) is 16.7. The van der Waals surface area contributed by atoms with Gasteiger partial charge in [0.05, 0.1) is 0 Å². The predicted molar refractivity (Wildman–Crippen MR) is 42.8 cm³/mol. The molecule has 11 heavy (non-hydrogen) atoms. The number of carbonyl (C=O) groups is 1. The lowest BCUT2D eigenvalue weighted by Crippen LogP contribution is -2.10. The van der Waals surface area contributed by atoms with E-state index < -0.39 is 14.2 Å². The van der Waals surface area contributed by atoms with Crippen LogP contribution < -0.4 is 5.73 Å². The lowest BCUT2D eigenvalue weighted by Gasteiger charge is -1.81. The van der Waals surface area contributed by atoms with Gasteiger partial charge in [0, 0.05) is 10.1 Å². The first-order chi connectivity index (χ1) is 4.37. The van der Waals surface area contributed by atoms with E-state index in [-0.39, 0.29) is 7.43 Å². The summed E-state index contributed by atoms with van der Waals surface area (Å²) in [6.45, 7) is 4.85. The summed E-state index contributed by atoms with van der Waals surface area (Å²) in [4.78, 5) is 24.1. The van der Waals surface area contributed by atoms with Crippen molar-refractivity contribution in [2.24, 2.45) is 5.73 Å². The van der Waals surface area contributed by atoms with Crippen molar-refractivity contribution in [3.8, 4) is 0 Å². The summed E-state index contributed by atoms with van der Waals surface area (Å²) in [5.41, 5.74) is 5.09. The van der Waals surface area contributed by atoms with Gasteiger partial charge < -0.3 is 5.73 Å². The van der Waals surface area contributed by atoms with Gasteiger partial charge >= 0.3 is 8.25 Å². The van der Waals surface area contributed by atoms with E-state index in [1.54, 1.807) is 6.92 Å². The van der Waals surface area contributed by atoms with Crippen LogP contribution in [-0.2, 0) is 9.36 Å². The molecule has 0 bridgehead atoms. The Kier molecular flexibility index (Phi) is 14.0. The first-order valence-electron chi connectivity index (χ1n) is 2.18. The summed E-state index contributed by atoms with van der Waals surface area (Å²) in [6, 6.07) is 0. The molecule has 0 aliphatic rings. The van der Waals surface area contributed by atoms with Gasteiger partial charge in [-0.15, -0.1) is 9.79 Å². The standard InChI is InChI=1S/C4H7NO.CH4.HO3P/c1-3(2)4(5)6;;1-4(2)3/h1H2,2H3,(H2,5,6);1H4;(H-,1,2,3)/p+1. The van der Waals surface area contributed by atoms with E-state index in [0.29, 0.717) is 5.57 Å². The van der Waals surface area contributed by atoms with E-state index in [0.717, 1.165) is 0 Å². The number of hydrogen-bond acceptors (Lipinski definition) is 2. The molecule has 0 aromatic rings. The fourth-order valence-corrected chi connectivity index (χ4v) is 0. The molecule has 1 amide bonds. The average molecular weight is 182 g/mol. The summed E-state index contributed by atoms with van der Waals surface area (Å²) in [5.74, 6) is -0.435. The summed E-state index contributed by atoms with van der Waals surface area (Å²) in [7, 11) is -2.87. The molecule has 0 saturated heterocycles. The van der Waals surface area contributed by atoms with E-state index >= 15 is 0 Å². The van der Waals surface area contributed by atoms with Crippen LogP contribution in [0.4, 0.5) is 0 Å². The van der Waals surface area contributed by atoms with Gasteiger partial charge in [0.25, 0.3) is 0 Å². The normalized spacial score (nSPS) is 6.45. The van der Waals surface area contributed by atoms with Crippen LogP contribution >= 0.6 is 8.25 Å². The van der Waals surface area contributed by atoms with Crippen LogP contribution in [0.25, 0.3) is 0 Å². The molecule has 0 spiro atoms. The molecule has 66 valence electrons. The summed E-state index contributed by atoms with van der Waals surface area (Å²) in [6.07, 6.45) is 0. The van der Waals surface area contributed by atoms with Gasteiger partial charge in [-0.25, -0.2) is 0 Å². The lowest BCUT2D eigenvalue weighted by atomic mass is 10.3. The highest BCUT2D eigenvalue weighted by Gasteiger charge is 1.93. The summed E-state index contributed by atoms with van der Waals surface area (Å²) < 4.78 is 8.70. The molecule has 0 saturated carbocycles. The van der Waals surface area contributed by atoms with Crippen LogP contribution in [0, 0.1) is 0 Å². The second-order valence-electron chi connectivity index (χ2n) is 1.40. The van der Waals surface area contributed by atoms with Gasteiger partial charge in [-0.3, -0.25) is 4.79 Å². The number of primary amides is 1. The third-order valence-electron chi connectivity index (χ3n) is 0.421. The van der Waals surface area contributed by atoms with Gasteiger partial charge in [-0.1, -0.05) is 14.0 Å². The van der Waals surface area contributed by atoms with Gasteiger partial charge in [-0.05, 0) is 6.92 Å². The highest BCUT2D eigenvalue weighted by Crippen LogP contribution is 1.98. The number of carbonyl (C=O) groups excluding carboxylic acids is 1. The van der Waals surface area contributed by atoms with Gasteiger partial charge in [0.15, 0.2) is 0 Å². The van der Waals surface area contributed by atoms with E-state index in [4.69, 9.17) is 20.1 Å². The molecule has 5 nitrogen and oxygen atoms in total. The van der Waals surface area contributed by atoms with Crippen molar-refractivity contribution < 1.29 is 19.1 Å². The Labute approximate surface area is 66.5 Å². The molecule has 4 N–H and O–H groups in total. The number of amides is 1. The zero-order valence-electron chi connectivity index (χ0n) is 5.44. The summed E-state index contributed by atoms with van der Waals surface area (Å²) in [5, 5.41) is 0. The van der Waals surface area contributed by atoms with Crippen molar-refractivity contribution in [1.82, 2.24) is 0 Å². The Hall–Kier alpha value is -0.770. The maximum atomic E-state index is 9.82. The zero-order valence-corrected chi connectivity index (χ0v) is 6.34. The van der Waals surface area contributed by atoms with E-state index in [2.05, 4.69) is 6.58 Å². The van der Waals surface area contributed by atoms with Crippen molar-refractivity contribution in [3.05, 3.63) is 12.2 Å². The molecule has 0 radical (unpaired) electrons. The fourth-order valence-electron chi connectivity index (χ4n) is 0. The highest BCUT2D eigenvalue weighted by atomic mass is 31.1. The summed E-state index contributed by atoms with van der Waals surface area (Å²) >= 11 is 0. The van der Waals surface area contributed by atoms with Crippen LogP contribution in [0.1, 0.15) is 14.4 Å². The van der Waals surface area contributed by atoms with Crippen molar-refractivity contribution in [2.45, 2.75) is 14.4 Å². The molecular formula is C5H13NO4P+. The number of hydrogen-bond donors (Lipinski definition) is 3. The molecule has 6 heteroatoms. The largest absolute Gasteiger partial charge is 0.692 e.